The highest BCUT2D eigenvalue weighted by Crippen LogP contribution is 2.32. The number of carboxylic acid groups (broad SMARTS) is 1. The first kappa shape index (κ1) is 16.0. The van der Waals surface area contributed by atoms with Crippen LogP contribution in [0.5, 0.6) is 0 Å². The van der Waals surface area contributed by atoms with Crippen LogP contribution in [0.4, 0.5) is 18.9 Å². The fourth-order valence-electron chi connectivity index (χ4n) is 1.58. The predicted octanol–water partition coefficient (Wildman–Crippen LogP) is 3.39. The Morgan fingerprint density at radius 2 is 1.90 bits per heavy atom. The first-order valence-electron chi connectivity index (χ1n) is 5.85. The Balaban J connectivity index is 3.13. The molecule has 20 heavy (non-hydrogen) atoms. The second-order valence-electron chi connectivity index (χ2n) is 4.71. The van der Waals surface area contributed by atoms with Crippen LogP contribution in [0.1, 0.15) is 36.2 Å². The highest BCUT2D eigenvalue weighted by molar-refractivity contribution is 6.00. The first-order valence-corrected chi connectivity index (χ1v) is 5.85. The van der Waals surface area contributed by atoms with E-state index in [9.17, 15) is 22.8 Å². The minimum absolute atomic E-state index is 0.00840. The smallest absolute Gasteiger partial charge is 0.416 e. The van der Waals surface area contributed by atoms with Gasteiger partial charge in [-0.2, -0.15) is 13.2 Å². The summed E-state index contributed by atoms with van der Waals surface area (Å²) in [7, 11) is 0. The molecule has 2 N–H and O–H groups in total. The number of carbonyl (C=O) groups is 2. The van der Waals surface area contributed by atoms with Crippen LogP contribution in [-0.2, 0) is 11.0 Å². The van der Waals surface area contributed by atoms with E-state index in [0.29, 0.717) is 12.1 Å². The van der Waals surface area contributed by atoms with Crippen LogP contribution in [-0.4, -0.2) is 17.0 Å². The summed E-state index contributed by atoms with van der Waals surface area (Å²) in [6, 6.07) is 2.12. The number of amides is 1. The van der Waals surface area contributed by atoms with Crippen molar-refractivity contribution in [3.8, 4) is 0 Å². The van der Waals surface area contributed by atoms with Gasteiger partial charge >= 0.3 is 12.1 Å². The van der Waals surface area contributed by atoms with Gasteiger partial charge in [0.25, 0.3) is 0 Å². The van der Waals surface area contributed by atoms with Gasteiger partial charge in [0.2, 0.25) is 5.91 Å². The molecule has 0 radical (unpaired) electrons. The van der Waals surface area contributed by atoms with Crippen molar-refractivity contribution in [2.45, 2.75) is 26.4 Å². The van der Waals surface area contributed by atoms with E-state index in [-0.39, 0.29) is 23.6 Å². The van der Waals surface area contributed by atoms with Gasteiger partial charge < -0.3 is 10.4 Å². The van der Waals surface area contributed by atoms with Gasteiger partial charge in [0.15, 0.2) is 0 Å². The quantitative estimate of drug-likeness (QED) is 0.892. The second kappa shape index (κ2) is 5.94. The molecule has 0 fully saturated rings. The average molecular weight is 289 g/mol. The zero-order valence-electron chi connectivity index (χ0n) is 10.9. The molecule has 0 saturated heterocycles. The van der Waals surface area contributed by atoms with Crippen LogP contribution < -0.4 is 5.32 Å². The maximum absolute atomic E-state index is 12.6. The number of rotatable bonds is 4. The maximum Gasteiger partial charge on any atom is 0.416 e. The SMILES string of the molecule is CC(C)CC(=O)Nc1cc(C(F)(F)F)ccc1C(=O)O. The van der Waals surface area contributed by atoms with Crippen molar-refractivity contribution in [3.05, 3.63) is 29.3 Å². The Labute approximate surface area is 113 Å². The van der Waals surface area contributed by atoms with Crippen molar-refractivity contribution in [2.24, 2.45) is 5.92 Å². The van der Waals surface area contributed by atoms with Crippen LogP contribution in [0.3, 0.4) is 0 Å². The molecule has 1 rings (SSSR count). The van der Waals surface area contributed by atoms with E-state index in [2.05, 4.69) is 5.32 Å². The topological polar surface area (TPSA) is 66.4 Å². The maximum atomic E-state index is 12.6. The molecule has 0 unspecified atom stereocenters. The van der Waals surface area contributed by atoms with Crippen molar-refractivity contribution in [2.75, 3.05) is 5.32 Å². The summed E-state index contributed by atoms with van der Waals surface area (Å²) in [5, 5.41) is 11.1. The normalized spacial score (nSPS) is 11.5. The number of nitrogens with one attached hydrogen (secondary N) is 1. The molecule has 1 aromatic carbocycles. The van der Waals surface area contributed by atoms with Crippen molar-refractivity contribution in [3.63, 3.8) is 0 Å². The minimum Gasteiger partial charge on any atom is -0.478 e. The zero-order chi connectivity index (χ0) is 15.5. The lowest BCUT2D eigenvalue weighted by molar-refractivity contribution is -0.137. The Morgan fingerprint density at radius 1 is 1.30 bits per heavy atom. The standard InChI is InChI=1S/C13H14F3NO3/c1-7(2)5-11(18)17-10-6-8(13(14,15)16)3-4-9(10)12(19)20/h3-4,6-7H,5H2,1-2H3,(H,17,18)(H,19,20). The third kappa shape index (κ3) is 4.25. The van der Waals surface area contributed by atoms with Gasteiger partial charge in [-0.15, -0.1) is 0 Å². The molecule has 0 spiro atoms. The van der Waals surface area contributed by atoms with E-state index < -0.39 is 23.6 Å². The summed E-state index contributed by atoms with van der Waals surface area (Å²) in [5.74, 6) is -1.92. The van der Waals surface area contributed by atoms with E-state index in [1.807, 2.05) is 0 Å². The summed E-state index contributed by atoms with van der Waals surface area (Å²) in [6.45, 7) is 3.54. The van der Waals surface area contributed by atoms with Gasteiger partial charge in [-0.05, 0) is 24.1 Å². The Kier molecular flexibility index (Phi) is 4.75. The van der Waals surface area contributed by atoms with E-state index in [1.165, 1.54) is 0 Å². The molecule has 0 heterocycles. The molecule has 0 bridgehead atoms. The lowest BCUT2D eigenvalue weighted by atomic mass is 10.1. The van der Waals surface area contributed by atoms with E-state index in [1.54, 1.807) is 13.8 Å². The summed E-state index contributed by atoms with van der Waals surface area (Å²) in [6.07, 6.45) is -4.51. The monoisotopic (exact) mass is 289 g/mol. The van der Waals surface area contributed by atoms with Crippen LogP contribution >= 0.6 is 0 Å². The number of aromatic carboxylic acids is 1. The molecule has 0 aliphatic rings. The first-order chi connectivity index (χ1) is 9.11. The van der Waals surface area contributed by atoms with Crippen molar-refractivity contribution in [1.82, 2.24) is 0 Å². The Morgan fingerprint density at radius 3 is 2.35 bits per heavy atom. The average Bonchev–Trinajstić information content (AvgIpc) is 2.25. The number of carboxylic acids is 1. The Bertz CT molecular complexity index is 524. The third-order valence-corrected chi connectivity index (χ3v) is 2.45. The molecule has 0 aliphatic heterocycles. The number of halogens is 3. The van der Waals surface area contributed by atoms with Gasteiger partial charge in [-0.3, -0.25) is 4.79 Å². The fraction of sp³-hybridized carbons (Fsp3) is 0.385. The molecule has 7 heteroatoms. The van der Waals surface area contributed by atoms with E-state index in [0.717, 1.165) is 6.07 Å². The van der Waals surface area contributed by atoms with Gasteiger partial charge in [-0.1, -0.05) is 13.8 Å². The van der Waals surface area contributed by atoms with Gasteiger partial charge in [0.05, 0.1) is 16.8 Å². The van der Waals surface area contributed by atoms with Crippen LogP contribution in [0.15, 0.2) is 18.2 Å². The molecule has 4 nitrogen and oxygen atoms in total. The zero-order valence-corrected chi connectivity index (χ0v) is 10.9. The predicted molar refractivity (Wildman–Crippen MR) is 66.5 cm³/mol. The highest BCUT2D eigenvalue weighted by atomic mass is 19.4. The van der Waals surface area contributed by atoms with Crippen LogP contribution in [0.25, 0.3) is 0 Å². The lowest BCUT2D eigenvalue weighted by Gasteiger charge is -2.13. The van der Waals surface area contributed by atoms with Gasteiger partial charge in [0.1, 0.15) is 0 Å². The number of anilines is 1. The second-order valence-corrected chi connectivity index (χ2v) is 4.71. The molecule has 110 valence electrons. The number of alkyl halides is 3. The fourth-order valence-corrected chi connectivity index (χ4v) is 1.58. The minimum atomic E-state index is -4.60. The molecular formula is C13H14F3NO3. The summed E-state index contributed by atoms with van der Waals surface area (Å²) in [5.41, 5.74) is -1.74. The molecule has 0 aromatic heterocycles. The van der Waals surface area contributed by atoms with Crippen molar-refractivity contribution in [1.29, 1.82) is 0 Å². The molecule has 0 aliphatic carbocycles. The third-order valence-electron chi connectivity index (χ3n) is 2.45. The van der Waals surface area contributed by atoms with Gasteiger partial charge in [-0.25, -0.2) is 4.79 Å². The number of carbonyl (C=O) groups excluding carboxylic acids is 1. The van der Waals surface area contributed by atoms with Crippen LogP contribution in [0, 0.1) is 5.92 Å². The summed E-state index contributed by atoms with van der Waals surface area (Å²) < 4.78 is 37.8. The summed E-state index contributed by atoms with van der Waals surface area (Å²) >= 11 is 0. The number of hydrogen-bond acceptors (Lipinski definition) is 2. The Hall–Kier alpha value is -2.05. The highest BCUT2D eigenvalue weighted by Gasteiger charge is 2.31. The summed E-state index contributed by atoms with van der Waals surface area (Å²) in [4.78, 5) is 22.5. The number of hydrogen-bond donors (Lipinski definition) is 2. The van der Waals surface area contributed by atoms with Crippen molar-refractivity contribution >= 4 is 17.6 Å². The molecule has 0 atom stereocenters. The lowest BCUT2D eigenvalue weighted by Crippen LogP contribution is -2.17. The molecule has 1 amide bonds. The van der Waals surface area contributed by atoms with Crippen LogP contribution in [0.2, 0.25) is 0 Å². The molecule has 1 aromatic rings. The number of benzene rings is 1. The van der Waals surface area contributed by atoms with Gasteiger partial charge in [0, 0.05) is 6.42 Å². The van der Waals surface area contributed by atoms with Crippen molar-refractivity contribution < 1.29 is 27.9 Å². The molecule has 0 saturated carbocycles. The largest absolute Gasteiger partial charge is 0.478 e. The van der Waals surface area contributed by atoms with E-state index >= 15 is 0 Å². The molecular weight excluding hydrogens is 275 g/mol. The van der Waals surface area contributed by atoms with E-state index in [4.69, 9.17) is 5.11 Å².